The molecule has 2 aromatic heterocycles. The first-order valence-electron chi connectivity index (χ1n) is 12.7. The molecule has 1 saturated heterocycles. The molecule has 1 atom stereocenters. The van der Waals surface area contributed by atoms with Crippen molar-refractivity contribution in [3.63, 3.8) is 0 Å². The Labute approximate surface area is 237 Å². The van der Waals surface area contributed by atoms with Crippen LogP contribution in [0.25, 0.3) is 10.9 Å². The lowest BCUT2D eigenvalue weighted by molar-refractivity contribution is -0.111. The largest absolute Gasteiger partial charge is 0.494 e. The van der Waals surface area contributed by atoms with Gasteiger partial charge in [-0.2, -0.15) is 0 Å². The second kappa shape index (κ2) is 12.2. The summed E-state index contributed by atoms with van der Waals surface area (Å²) >= 11 is 6.55. The Balaban J connectivity index is 1.43. The second-order valence-electron chi connectivity index (χ2n) is 9.21. The quantitative estimate of drug-likeness (QED) is 0.245. The minimum absolute atomic E-state index is 0.249. The summed E-state index contributed by atoms with van der Waals surface area (Å²) in [6.45, 7) is 1.03. The van der Waals surface area contributed by atoms with Gasteiger partial charge >= 0.3 is 0 Å². The molecule has 11 heteroatoms. The van der Waals surface area contributed by atoms with Crippen molar-refractivity contribution in [3.05, 3.63) is 72.2 Å². The van der Waals surface area contributed by atoms with Gasteiger partial charge in [-0.15, -0.1) is 0 Å². The number of carbonyl (C=O) groups is 1. The van der Waals surface area contributed by atoms with Crippen LogP contribution in [0.4, 0.5) is 17.2 Å². The number of fused-ring (bicyclic) bond motifs is 1. The van der Waals surface area contributed by atoms with E-state index in [0.717, 1.165) is 19.4 Å². The number of anilines is 3. The Morgan fingerprint density at radius 3 is 2.60 bits per heavy atom. The fourth-order valence-corrected chi connectivity index (χ4v) is 4.73. The zero-order valence-corrected chi connectivity index (χ0v) is 23.1. The number of likely N-dealkylation sites (tertiary alicyclic amines) is 1. The molecule has 1 aliphatic heterocycles. The highest BCUT2D eigenvalue weighted by Gasteiger charge is 2.19. The van der Waals surface area contributed by atoms with Crippen molar-refractivity contribution < 1.29 is 19.0 Å². The zero-order valence-electron chi connectivity index (χ0n) is 22.3. The molecule has 1 fully saturated rings. The van der Waals surface area contributed by atoms with E-state index in [2.05, 4.69) is 37.5 Å². The van der Waals surface area contributed by atoms with Gasteiger partial charge in [-0.25, -0.2) is 15.0 Å². The first-order valence-corrected chi connectivity index (χ1v) is 13.1. The normalized spacial score (nSPS) is 15.3. The molecule has 0 spiro atoms. The topological polar surface area (TPSA) is 111 Å². The number of hydrogen-bond donors (Lipinski definition) is 2. The molecule has 5 rings (SSSR count). The number of pyridine rings is 1. The summed E-state index contributed by atoms with van der Waals surface area (Å²) in [4.78, 5) is 28.0. The molecule has 4 aromatic rings. The summed E-state index contributed by atoms with van der Waals surface area (Å²) < 4.78 is 17.0. The molecule has 0 radical (unpaired) electrons. The highest BCUT2D eigenvalue weighted by Crippen LogP contribution is 2.40. The van der Waals surface area contributed by atoms with E-state index in [-0.39, 0.29) is 11.9 Å². The summed E-state index contributed by atoms with van der Waals surface area (Å²) in [5.41, 5.74) is 1.67. The monoisotopic (exact) mass is 560 g/mol. The summed E-state index contributed by atoms with van der Waals surface area (Å²) in [5.74, 6) is 1.99. The number of nitrogens with one attached hydrogen (secondary N) is 2. The van der Waals surface area contributed by atoms with Gasteiger partial charge in [0.25, 0.3) is 0 Å². The molecule has 0 bridgehead atoms. The predicted molar refractivity (Wildman–Crippen MR) is 155 cm³/mol. The van der Waals surface area contributed by atoms with Crippen molar-refractivity contribution in [2.24, 2.45) is 0 Å². The maximum Gasteiger partial charge on any atom is 0.248 e. The van der Waals surface area contributed by atoms with Crippen LogP contribution in [0.1, 0.15) is 12.8 Å². The smallest absolute Gasteiger partial charge is 0.248 e. The number of methoxy groups -OCH3 is 2. The number of ether oxygens (including phenoxy) is 3. The van der Waals surface area contributed by atoms with Crippen LogP contribution in [0.2, 0.25) is 5.02 Å². The SMILES string of the molecule is COc1cc2ncnc(Nc3cc(Cl)c(Oc4ccccn4)cc3OC)c2cc1NC(=O)/C=C/[C@H]1CCCN1C. The Bertz CT molecular complexity index is 1550. The van der Waals surface area contributed by atoms with Crippen molar-refractivity contribution in [2.75, 3.05) is 38.4 Å². The average Bonchev–Trinajstić information content (AvgIpc) is 3.38. The summed E-state index contributed by atoms with van der Waals surface area (Å²) in [6.07, 6.45) is 8.73. The molecule has 1 amide bonds. The van der Waals surface area contributed by atoms with Gasteiger partial charge in [0.05, 0.1) is 36.1 Å². The summed E-state index contributed by atoms with van der Waals surface area (Å²) in [5, 5.41) is 7.21. The molecule has 0 aliphatic carbocycles. The lowest BCUT2D eigenvalue weighted by Gasteiger charge is -2.16. The maximum atomic E-state index is 12.8. The number of halogens is 1. The summed E-state index contributed by atoms with van der Waals surface area (Å²) in [6, 6.07) is 12.5. The van der Waals surface area contributed by atoms with Crippen LogP contribution in [0, 0.1) is 0 Å². The van der Waals surface area contributed by atoms with Gasteiger partial charge in [-0.3, -0.25) is 9.69 Å². The first-order chi connectivity index (χ1) is 19.4. The van der Waals surface area contributed by atoms with E-state index in [1.54, 1.807) is 62.9 Å². The number of likely N-dealkylation sites (N-methyl/N-ethyl adjacent to an activating group) is 1. The van der Waals surface area contributed by atoms with Crippen molar-refractivity contribution in [1.29, 1.82) is 0 Å². The Morgan fingerprint density at radius 1 is 1.05 bits per heavy atom. The molecule has 40 heavy (non-hydrogen) atoms. The van der Waals surface area contributed by atoms with Crippen molar-refractivity contribution in [2.45, 2.75) is 18.9 Å². The lowest BCUT2D eigenvalue weighted by Crippen LogP contribution is -2.23. The number of rotatable bonds is 9. The van der Waals surface area contributed by atoms with Gasteiger partial charge in [0.15, 0.2) is 5.75 Å². The standard InChI is InChI=1S/C29H29ClN6O4/c1-36-12-6-7-18(36)9-10-27(37)34-22-13-19-21(15-25(22)38-2)32-17-33-29(19)35-23-14-20(30)24(16-26(23)39-3)40-28-8-4-5-11-31-28/h4-5,8-11,13-18H,6-7,12H2,1-3H3,(H,34,37)(H,32,33,35)/b10-9+/t18-/m1/s1. The molecule has 10 nitrogen and oxygen atoms in total. The maximum absolute atomic E-state index is 12.8. The van der Waals surface area contributed by atoms with Gasteiger partial charge in [-0.1, -0.05) is 23.7 Å². The Morgan fingerprint density at radius 2 is 1.88 bits per heavy atom. The molecule has 2 N–H and O–H groups in total. The van der Waals surface area contributed by atoms with Gasteiger partial charge in [0.2, 0.25) is 11.8 Å². The molecule has 206 valence electrons. The molecule has 3 heterocycles. The molecule has 1 aliphatic rings. The first kappa shape index (κ1) is 27.2. The van der Waals surface area contributed by atoms with Crippen LogP contribution < -0.4 is 24.8 Å². The van der Waals surface area contributed by atoms with E-state index in [1.165, 1.54) is 6.33 Å². The Hall–Kier alpha value is -4.41. The van der Waals surface area contributed by atoms with Gasteiger partial charge < -0.3 is 24.8 Å². The van der Waals surface area contributed by atoms with Crippen molar-refractivity contribution in [1.82, 2.24) is 19.9 Å². The van der Waals surface area contributed by atoms with E-state index >= 15 is 0 Å². The molecular weight excluding hydrogens is 532 g/mol. The fourth-order valence-electron chi connectivity index (χ4n) is 4.53. The minimum atomic E-state index is -0.249. The number of aromatic nitrogens is 3. The summed E-state index contributed by atoms with van der Waals surface area (Å²) in [7, 11) is 5.15. The molecule has 0 unspecified atom stereocenters. The van der Waals surface area contributed by atoms with Crippen LogP contribution in [0.5, 0.6) is 23.1 Å². The highest BCUT2D eigenvalue weighted by molar-refractivity contribution is 6.32. The number of carbonyl (C=O) groups excluding carboxylic acids is 1. The van der Waals surface area contributed by atoms with E-state index < -0.39 is 0 Å². The van der Waals surface area contributed by atoms with Crippen LogP contribution in [-0.4, -0.2) is 59.6 Å². The van der Waals surface area contributed by atoms with E-state index in [4.69, 9.17) is 25.8 Å². The third-order valence-corrected chi connectivity index (χ3v) is 6.92. The van der Waals surface area contributed by atoms with Gasteiger partial charge in [0, 0.05) is 41.9 Å². The van der Waals surface area contributed by atoms with Crippen LogP contribution in [0.3, 0.4) is 0 Å². The second-order valence-corrected chi connectivity index (χ2v) is 9.62. The lowest BCUT2D eigenvalue weighted by atomic mass is 10.1. The Kier molecular flexibility index (Phi) is 8.28. The fraction of sp³-hybridized carbons (Fsp3) is 0.241. The highest BCUT2D eigenvalue weighted by atomic mass is 35.5. The van der Waals surface area contributed by atoms with Crippen LogP contribution in [-0.2, 0) is 4.79 Å². The van der Waals surface area contributed by atoms with Gasteiger partial charge in [-0.05, 0) is 44.6 Å². The average molecular weight is 561 g/mol. The van der Waals surface area contributed by atoms with Gasteiger partial charge in [0.1, 0.15) is 23.6 Å². The predicted octanol–water partition coefficient (Wildman–Crippen LogP) is 5.82. The molecule has 2 aromatic carbocycles. The van der Waals surface area contributed by atoms with E-state index in [1.807, 2.05) is 12.1 Å². The van der Waals surface area contributed by atoms with Crippen molar-refractivity contribution in [3.8, 4) is 23.1 Å². The van der Waals surface area contributed by atoms with Crippen LogP contribution in [0.15, 0.2) is 67.1 Å². The number of nitrogens with zero attached hydrogens (tertiary/aromatic N) is 4. The minimum Gasteiger partial charge on any atom is -0.494 e. The number of amides is 1. The molecular formula is C29H29ClN6O4. The number of hydrogen-bond acceptors (Lipinski definition) is 9. The van der Waals surface area contributed by atoms with Crippen molar-refractivity contribution >= 4 is 45.6 Å². The molecule has 0 saturated carbocycles. The van der Waals surface area contributed by atoms with E-state index in [0.29, 0.717) is 56.2 Å². The zero-order chi connectivity index (χ0) is 28.1. The number of benzene rings is 2. The third-order valence-electron chi connectivity index (χ3n) is 6.62. The van der Waals surface area contributed by atoms with Crippen LogP contribution >= 0.6 is 11.6 Å². The third kappa shape index (κ3) is 6.08. The van der Waals surface area contributed by atoms with E-state index in [9.17, 15) is 4.79 Å².